The number of carbonyl (C=O) groups excluding carboxylic acids is 1. The molecule has 0 saturated heterocycles. The fourth-order valence-corrected chi connectivity index (χ4v) is 2.64. The topological polar surface area (TPSA) is 54.0 Å². The molecule has 126 valence electrons. The Balaban J connectivity index is 1.68. The number of benzene rings is 2. The lowest BCUT2D eigenvalue weighted by atomic mass is 10.2. The van der Waals surface area contributed by atoms with E-state index in [1.165, 1.54) is 0 Å². The van der Waals surface area contributed by atoms with Crippen molar-refractivity contribution < 1.29 is 4.79 Å². The van der Waals surface area contributed by atoms with Crippen molar-refractivity contribution >= 4 is 33.3 Å². The smallest absolute Gasteiger partial charge is 0.251 e. The number of nitrogens with one attached hydrogen (secondary N) is 2. The van der Waals surface area contributed by atoms with Crippen molar-refractivity contribution in [3.05, 3.63) is 88.0 Å². The quantitative estimate of drug-likeness (QED) is 0.650. The fourth-order valence-electron chi connectivity index (χ4n) is 2.39. The number of nitrogens with zero attached hydrogens (tertiary/aromatic N) is 1. The van der Waals surface area contributed by atoms with Gasteiger partial charge in [0.15, 0.2) is 0 Å². The van der Waals surface area contributed by atoms with Crippen molar-refractivity contribution in [3.63, 3.8) is 0 Å². The number of halogens is 1. The number of aromatic nitrogens is 1. The molecule has 0 aliphatic rings. The number of carbonyl (C=O) groups is 1. The number of aryl methyl sites for hydroxylation is 1. The van der Waals surface area contributed by atoms with Crippen molar-refractivity contribution in [3.8, 4) is 0 Å². The van der Waals surface area contributed by atoms with Crippen LogP contribution in [-0.2, 0) is 6.54 Å². The van der Waals surface area contributed by atoms with E-state index in [0.29, 0.717) is 17.9 Å². The van der Waals surface area contributed by atoms with E-state index in [1.54, 1.807) is 18.3 Å². The number of hydrogen-bond donors (Lipinski definition) is 2. The van der Waals surface area contributed by atoms with Crippen LogP contribution in [-0.4, -0.2) is 10.9 Å². The van der Waals surface area contributed by atoms with E-state index in [4.69, 9.17) is 0 Å². The van der Waals surface area contributed by atoms with Gasteiger partial charge in [-0.25, -0.2) is 4.98 Å². The van der Waals surface area contributed by atoms with Gasteiger partial charge < -0.3 is 10.6 Å². The van der Waals surface area contributed by atoms with Gasteiger partial charge in [-0.1, -0.05) is 46.3 Å². The van der Waals surface area contributed by atoms with Crippen molar-refractivity contribution in [2.75, 3.05) is 5.32 Å². The van der Waals surface area contributed by atoms with E-state index >= 15 is 0 Å². The van der Waals surface area contributed by atoms with Gasteiger partial charge in [0.05, 0.1) is 0 Å². The van der Waals surface area contributed by atoms with E-state index in [9.17, 15) is 4.79 Å². The highest BCUT2D eigenvalue weighted by Crippen LogP contribution is 2.22. The Morgan fingerprint density at radius 3 is 2.64 bits per heavy atom. The van der Waals surface area contributed by atoms with Crippen LogP contribution >= 0.6 is 15.9 Å². The zero-order valence-electron chi connectivity index (χ0n) is 13.8. The first kappa shape index (κ1) is 17.2. The lowest BCUT2D eigenvalue weighted by Crippen LogP contribution is -2.22. The summed E-state index contributed by atoms with van der Waals surface area (Å²) in [4.78, 5) is 16.6. The second kappa shape index (κ2) is 7.94. The number of pyridine rings is 1. The molecule has 2 aromatic carbocycles. The standard InChI is InChI=1S/C20H18BrN3O/c1-14-11-17(7-8-18(14)21)24-19-12-16(9-10-22-19)20(25)23-13-15-5-3-2-4-6-15/h2-12H,13H2,1H3,(H,22,24)(H,23,25). The van der Waals surface area contributed by atoms with E-state index in [2.05, 4.69) is 31.5 Å². The molecule has 3 aromatic rings. The molecule has 5 heteroatoms. The number of anilines is 2. The molecule has 0 saturated carbocycles. The average molecular weight is 396 g/mol. The Morgan fingerprint density at radius 2 is 1.88 bits per heavy atom. The van der Waals surface area contributed by atoms with Gasteiger partial charge in [0.2, 0.25) is 0 Å². The summed E-state index contributed by atoms with van der Waals surface area (Å²) in [6.07, 6.45) is 1.63. The van der Waals surface area contributed by atoms with Crippen molar-refractivity contribution in [1.82, 2.24) is 10.3 Å². The Morgan fingerprint density at radius 1 is 1.08 bits per heavy atom. The highest BCUT2D eigenvalue weighted by atomic mass is 79.9. The molecule has 0 fully saturated rings. The second-order valence-corrected chi connectivity index (χ2v) is 6.54. The van der Waals surface area contributed by atoms with Crippen LogP contribution in [0.15, 0.2) is 71.3 Å². The summed E-state index contributed by atoms with van der Waals surface area (Å²) in [7, 11) is 0. The van der Waals surface area contributed by atoms with E-state index in [1.807, 2.05) is 55.5 Å². The van der Waals surface area contributed by atoms with Crippen LogP contribution in [0.1, 0.15) is 21.5 Å². The predicted octanol–water partition coefficient (Wildman–Crippen LogP) is 4.83. The molecule has 1 amide bonds. The zero-order chi connectivity index (χ0) is 17.6. The van der Waals surface area contributed by atoms with Crippen molar-refractivity contribution in [2.24, 2.45) is 0 Å². The normalized spacial score (nSPS) is 10.3. The van der Waals surface area contributed by atoms with Gasteiger partial charge in [-0.15, -0.1) is 0 Å². The number of rotatable bonds is 5. The van der Waals surface area contributed by atoms with E-state index in [0.717, 1.165) is 21.3 Å². The Kier molecular flexibility index (Phi) is 5.46. The van der Waals surface area contributed by atoms with Crippen LogP contribution < -0.4 is 10.6 Å². The lowest BCUT2D eigenvalue weighted by Gasteiger charge is -2.09. The van der Waals surface area contributed by atoms with Crippen molar-refractivity contribution in [2.45, 2.75) is 13.5 Å². The molecule has 0 spiro atoms. The molecular weight excluding hydrogens is 378 g/mol. The van der Waals surface area contributed by atoms with Crippen molar-refractivity contribution in [1.29, 1.82) is 0 Å². The minimum absolute atomic E-state index is 0.124. The minimum atomic E-state index is -0.124. The SMILES string of the molecule is Cc1cc(Nc2cc(C(=O)NCc3ccccc3)ccn2)ccc1Br. The summed E-state index contributed by atoms with van der Waals surface area (Å²) in [6.45, 7) is 2.52. The highest BCUT2D eigenvalue weighted by molar-refractivity contribution is 9.10. The molecule has 25 heavy (non-hydrogen) atoms. The minimum Gasteiger partial charge on any atom is -0.348 e. The summed E-state index contributed by atoms with van der Waals surface area (Å²) in [5.74, 6) is 0.510. The Bertz CT molecular complexity index is 881. The molecule has 0 aliphatic heterocycles. The maximum Gasteiger partial charge on any atom is 0.251 e. The summed E-state index contributed by atoms with van der Waals surface area (Å²) in [6, 6.07) is 19.2. The molecule has 0 bridgehead atoms. The molecule has 0 radical (unpaired) electrons. The molecule has 3 rings (SSSR count). The lowest BCUT2D eigenvalue weighted by molar-refractivity contribution is 0.0951. The number of hydrogen-bond acceptors (Lipinski definition) is 3. The summed E-state index contributed by atoms with van der Waals surface area (Å²) < 4.78 is 1.06. The molecule has 0 aliphatic carbocycles. The van der Waals surface area contributed by atoms with Gasteiger partial charge in [-0.05, 0) is 48.4 Å². The second-order valence-electron chi connectivity index (χ2n) is 5.69. The van der Waals surface area contributed by atoms with Gasteiger partial charge >= 0.3 is 0 Å². The number of amides is 1. The monoisotopic (exact) mass is 395 g/mol. The van der Waals surface area contributed by atoms with Gasteiger partial charge in [-0.2, -0.15) is 0 Å². The third kappa shape index (κ3) is 4.67. The van der Waals surface area contributed by atoms with Crippen LogP contribution in [0.3, 0.4) is 0 Å². The molecule has 1 heterocycles. The van der Waals surface area contributed by atoms with Gasteiger partial charge in [-0.3, -0.25) is 4.79 Å². The molecule has 0 unspecified atom stereocenters. The molecule has 2 N–H and O–H groups in total. The van der Waals surface area contributed by atoms with Crippen LogP contribution in [0.4, 0.5) is 11.5 Å². The highest BCUT2D eigenvalue weighted by Gasteiger charge is 2.07. The third-order valence-corrected chi connectivity index (χ3v) is 4.64. The fraction of sp³-hybridized carbons (Fsp3) is 0.100. The van der Waals surface area contributed by atoms with Gasteiger partial charge in [0.25, 0.3) is 5.91 Å². The van der Waals surface area contributed by atoms with Crippen LogP contribution in [0.5, 0.6) is 0 Å². The van der Waals surface area contributed by atoms with E-state index in [-0.39, 0.29) is 5.91 Å². The maximum atomic E-state index is 12.3. The van der Waals surface area contributed by atoms with Gasteiger partial charge in [0.1, 0.15) is 5.82 Å². The summed E-state index contributed by atoms with van der Waals surface area (Å²) in [5, 5.41) is 6.15. The first-order chi connectivity index (χ1) is 12.1. The first-order valence-corrected chi connectivity index (χ1v) is 8.72. The van der Waals surface area contributed by atoms with Crippen LogP contribution in [0.25, 0.3) is 0 Å². The maximum absolute atomic E-state index is 12.3. The molecular formula is C20H18BrN3O. The third-order valence-electron chi connectivity index (χ3n) is 3.75. The largest absolute Gasteiger partial charge is 0.348 e. The van der Waals surface area contributed by atoms with Crippen LogP contribution in [0, 0.1) is 6.92 Å². The average Bonchev–Trinajstić information content (AvgIpc) is 2.64. The Labute approximate surface area is 155 Å². The summed E-state index contributed by atoms with van der Waals surface area (Å²) in [5.41, 5.74) is 3.69. The zero-order valence-corrected chi connectivity index (χ0v) is 15.4. The molecule has 4 nitrogen and oxygen atoms in total. The first-order valence-electron chi connectivity index (χ1n) is 7.93. The molecule has 1 aromatic heterocycles. The summed E-state index contributed by atoms with van der Waals surface area (Å²) >= 11 is 3.49. The Hall–Kier alpha value is -2.66. The van der Waals surface area contributed by atoms with Gasteiger partial charge in [0, 0.05) is 28.5 Å². The molecule has 0 atom stereocenters. The van der Waals surface area contributed by atoms with E-state index < -0.39 is 0 Å². The van der Waals surface area contributed by atoms with Crippen LogP contribution in [0.2, 0.25) is 0 Å². The predicted molar refractivity (Wildman–Crippen MR) is 104 cm³/mol.